The lowest BCUT2D eigenvalue weighted by Gasteiger charge is -2.29. The SMILES string of the molecule is Nc1nc2c(ncn2C2OC(COP(=O)(O)NCCCCCC(=O)Nc3cccc4c3CN(C3CCC(=O)NC3=O)C4=O)C(O)C2O)c(=O)[nH]1. The number of benzene rings is 1. The van der Waals surface area contributed by atoms with Crippen molar-refractivity contribution in [1.29, 1.82) is 0 Å². The number of anilines is 2. The van der Waals surface area contributed by atoms with Gasteiger partial charge in [-0.05, 0) is 31.4 Å². The molecule has 3 aromatic rings. The molecule has 3 aliphatic rings. The molecule has 5 heterocycles. The van der Waals surface area contributed by atoms with Crippen molar-refractivity contribution in [2.24, 2.45) is 0 Å². The van der Waals surface area contributed by atoms with Gasteiger partial charge in [-0.3, -0.25) is 43.4 Å². The van der Waals surface area contributed by atoms with Gasteiger partial charge in [-0.25, -0.2) is 14.6 Å². The van der Waals surface area contributed by atoms with Crippen molar-refractivity contribution in [1.82, 2.24) is 34.8 Å². The van der Waals surface area contributed by atoms with Gasteiger partial charge in [0, 0.05) is 42.7 Å². The van der Waals surface area contributed by atoms with Crippen molar-refractivity contribution in [3.8, 4) is 0 Å². The molecule has 20 nitrogen and oxygen atoms in total. The van der Waals surface area contributed by atoms with Crippen LogP contribution in [-0.4, -0.2) is 101 Å². The van der Waals surface area contributed by atoms with Crippen molar-refractivity contribution >= 4 is 54.2 Å². The van der Waals surface area contributed by atoms with Gasteiger partial charge in [0.2, 0.25) is 23.7 Å². The summed E-state index contributed by atoms with van der Waals surface area (Å²) in [5.74, 6) is -1.73. The monoisotopic (exact) mass is 717 g/mol. The number of aliphatic hydroxyl groups is 2. The quantitative estimate of drug-likeness (QED) is 0.0597. The van der Waals surface area contributed by atoms with E-state index in [2.05, 4.69) is 30.7 Å². The number of aromatic nitrogens is 4. The zero-order valence-electron chi connectivity index (χ0n) is 26.5. The third kappa shape index (κ3) is 7.31. The number of carbonyl (C=O) groups excluding carboxylic acids is 4. The number of imidazole rings is 1. The van der Waals surface area contributed by atoms with Crippen molar-refractivity contribution in [3.63, 3.8) is 0 Å². The van der Waals surface area contributed by atoms with E-state index in [0.29, 0.717) is 36.1 Å². The van der Waals surface area contributed by atoms with E-state index in [1.54, 1.807) is 18.2 Å². The lowest BCUT2D eigenvalue weighted by atomic mass is 10.0. The summed E-state index contributed by atoms with van der Waals surface area (Å²) in [5, 5.41) is 28.5. The Balaban J connectivity index is 0.916. The molecule has 268 valence electrons. The number of hydrogen-bond acceptors (Lipinski definition) is 13. The first-order valence-electron chi connectivity index (χ1n) is 15.9. The van der Waals surface area contributed by atoms with Crippen LogP contribution in [0.2, 0.25) is 0 Å². The van der Waals surface area contributed by atoms with Gasteiger partial charge >= 0.3 is 7.75 Å². The fraction of sp³-hybridized carbons (Fsp3) is 0.483. The largest absolute Gasteiger partial charge is 0.403 e. The first-order valence-corrected chi connectivity index (χ1v) is 17.4. The van der Waals surface area contributed by atoms with Crippen LogP contribution in [0.3, 0.4) is 0 Å². The Morgan fingerprint density at radius 2 is 1.96 bits per heavy atom. The molecule has 0 radical (unpaired) electrons. The Hall–Kier alpha value is -4.56. The molecule has 6 rings (SSSR count). The number of rotatable bonds is 13. The van der Waals surface area contributed by atoms with Crippen LogP contribution in [0.15, 0.2) is 29.3 Å². The molecule has 50 heavy (non-hydrogen) atoms. The zero-order valence-corrected chi connectivity index (χ0v) is 27.4. The molecular formula is C29H36N9O11P. The van der Waals surface area contributed by atoms with E-state index in [9.17, 15) is 43.6 Å². The number of unbranched alkanes of at least 4 members (excludes halogenated alkanes) is 2. The van der Waals surface area contributed by atoms with E-state index in [1.807, 2.05) is 0 Å². The van der Waals surface area contributed by atoms with Crippen molar-refractivity contribution in [2.75, 3.05) is 24.2 Å². The van der Waals surface area contributed by atoms with E-state index in [4.69, 9.17) is 15.0 Å². The number of aromatic amines is 1. The Morgan fingerprint density at radius 3 is 2.74 bits per heavy atom. The number of nitrogen functional groups attached to an aromatic ring is 1. The number of imide groups is 1. The van der Waals surface area contributed by atoms with Crippen LogP contribution in [-0.2, 0) is 34.8 Å². The number of ether oxygens (including phenoxy) is 1. The number of nitrogens with one attached hydrogen (secondary N) is 4. The van der Waals surface area contributed by atoms with E-state index < -0.39 is 56.4 Å². The predicted octanol–water partition coefficient (Wildman–Crippen LogP) is -1.01. The molecule has 0 saturated carbocycles. The van der Waals surface area contributed by atoms with Crippen LogP contribution in [0.1, 0.15) is 60.7 Å². The van der Waals surface area contributed by atoms with Crippen LogP contribution in [0, 0.1) is 0 Å². The molecule has 3 aliphatic heterocycles. The fourth-order valence-electron chi connectivity index (χ4n) is 6.17. The molecule has 0 spiro atoms. The topological polar surface area (TPSA) is 293 Å². The van der Waals surface area contributed by atoms with Crippen LogP contribution >= 0.6 is 7.75 Å². The van der Waals surface area contributed by atoms with Gasteiger partial charge in [-0.15, -0.1) is 0 Å². The number of amides is 4. The second kappa shape index (κ2) is 14.4. The first kappa shape index (κ1) is 35.3. The lowest BCUT2D eigenvalue weighted by Crippen LogP contribution is -2.52. The molecule has 6 unspecified atom stereocenters. The molecule has 4 amide bonds. The number of fused-ring (bicyclic) bond motifs is 2. The highest BCUT2D eigenvalue weighted by atomic mass is 31.2. The zero-order chi connectivity index (χ0) is 35.7. The Labute approximate surface area is 282 Å². The summed E-state index contributed by atoms with van der Waals surface area (Å²) in [4.78, 5) is 83.5. The minimum Gasteiger partial charge on any atom is -0.387 e. The molecule has 21 heteroatoms. The summed E-state index contributed by atoms with van der Waals surface area (Å²) in [6.07, 6.45) is -2.38. The fourth-order valence-corrected chi connectivity index (χ4v) is 7.05. The smallest absolute Gasteiger partial charge is 0.387 e. The van der Waals surface area contributed by atoms with Crippen LogP contribution in [0.25, 0.3) is 11.2 Å². The maximum Gasteiger partial charge on any atom is 0.403 e. The number of piperidine rings is 1. The number of hydrogen-bond donors (Lipinski definition) is 8. The standard InChI is InChI=1S/C29H36N9O11P/c30-29-35-24-21(26(44)36-29)31-13-38(24)28-23(42)22(41)18(49-28)12-48-50(46,47)32-10-3-1-2-7-19(39)33-16-6-4-5-14-15(16)11-37(27(14)45)17-8-9-20(40)34-25(17)43/h4-6,13,17-18,22-23,28,41-42H,1-3,7-12H2,(H,33,39)(H2,32,46,47)(H,34,40,43)(H3,30,35,36,44). The average molecular weight is 718 g/mol. The van der Waals surface area contributed by atoms with Crippen molar-refractivity contribution < 1.29 is 48.1 Å². The van der Waals surface area contributed by atoms with Crippen LogP contribution < -0.4 is 27.0 Å². The molecule has 1 aromatic carbocycles. The second-order valence-electron chi connectivity index (χ2n) is 12.1. The van der Waals surface area contributed by atoms with Gasteiger partial charge < -0.3 is 35.8 Å². The Kier molecular flexibility index (Phi) is 10.1. The maximum absolute atomic E-state index is 13.0. The minimum atomic E-state index is -4.34. The van der Waals surface area contributed by atoms with Gasteiger partial charge in [0.05, 0.1) is 12.9 Å². The Morgan fingerprint density at radius 1 is 1.16 bits per heavy atom. The molecule has 0 bridgehead atoms. The van der Waals surface area contributed by atoms with Gasteiger partial charge in [0.25, 0.3) is 11.5 Å². The highest BCUT2D eigenvalue weighted by Crippen LogP contribution is 2.39. The summed E-state index contributed by atoms with van der Waals surface area (Å²) in [6, 6.07) is 4.17. The minimum absolute atomic E-state index is 0.00878. The lowest BCUT2D eigenvalue weighted by molar-refractivity contribution is -0.137. The highest BCUT2D eigenvalue weighted by Gasteiger charge is 2.45. The van der Waals surface area contributed by atoms with Gasteiger partial charge in [-0.2, -0.15) is 4.98 Å². The molecular weight excluding hydrogens is 681 g/mol. The summed E-state index contributed by atoms with van der Waals surface area (Å²) < 4.78 is 24.5. The molecule has 2 saturated heterocycles. The van der Waals surface area contributed by atoms with Crippen LogP contribution in [0.4, 0.5) is 11.6 Å². The normalized spacial score (nSPS) is 24.7. The van der Waals surface area contributed by atoms with Gasteiger partial charge in [-0.1, -0.05) is 12.5 Å². The molecule has 2 fully saturated rings. The van der Waals surface area contributed by atoms with Gasteiger partial charge in [0.15, 0.2) is 17.4 Å². The third-order valence-corrected chi connectivity index (χ3v) is 9.85. The van der Waals surface area contributed by atoms with E-state index >= 15 is 0 Å². The molecule has 0 aliphatic carbocycles. The van der Waals surface area contributed by atoms with E-state index in [0.717, 1.165) is 0 Å². The molecule has 2 aromatic heterocycles. The summed E-state index contributed by atoms with van der Waals surface area (Å²) in [6.45, 7) is -0.365. The number of nitrogens with two attached hydrogens (primary N) is 1. The number of H-pyrrole nitrogens is 1. The average Bonchev–Trinajstić information content (AvgIpc) is 3.72. The third-order valence-electron chi connectivity index (χ3n) is 8.72. The number of nitrogens with zero attached hydrogens (tertiary/aromatic N) is 4. The van der Waals surface area contributed by atoms with Crippen LogP contribution in [0.5, 0.6) is 0 Å². The summed E-state index contributed by atoms with van der Waals surface area (Å²) in [5.41, 5.74) is 6.37. The molecule has 9 N–H and O–H groups in total. The maximum atomic E-state index is 13.0. The highest BCUT2D eigenvalue weighted by molar-refractivity contribution is 7.50. The molecule has 6 atom stereocenters. The summed E-state index contributed by atoms with van der Waals surface area (Å²) in [7, 11) is -4.34. The first-order chi connectivity index (χ1) is 23.8. The van der Waals surface area contributed by atoms with E-state index in [1.165, 1.54) is 15.8 Å². The van der Waals surface area contributed by atoms with Gasteiger partial charge in [0.1, 0.15) is 24.4 Å². The predicted molar refractivity (Wildman–Crippen MR) is 172 cm³/mol. The van der Waals surface area contributed by atoms with Crippen molar-refractivity contribution in [2.45, 2.75) is 75.7 Å². The van der Waals surface area contributed by atoms with E-state index in [-0.39, 0.29) is 67.2 Å². The number of carbonyl (C=O) groups is 4. The summed E-state index contributed by atoms with van der Waals surface area (Å²) >= 11 is 0. The second-order valence-corrected chi connectivity index (χ2v) is 13.8. The number of aliphatic hydroxyl groups excluding tert-OH is 2. The van der Waals surface area contributed by atoms with Crippen molar-refractivity contribution in [3.05, 3.63) is 46.0 Å². The Bertz CT molecular complexity index is 1930.